The van der Waals surface area contributed by atoms with Gasteiger partial charge in [0, 0.05) is 6.42 Å². The van der Waals surface area contributed by atoms with Gasteiger partial charge in [0.1, 0.15) is 0 Å². The topological polar surface area (TPSA) is 9.23 Å². The Bertz CT molecular complexity index is 57.2. The first-order valence-corrected chi connectivity index (χ1v) is 2.66. The van der Waals surface area contributed by atoms with Crippen LogP contribution in [-0.4, -0.2) is 19.4 Å². The average Bonchev–Trinajstić information content (AvgIpc) is 1.63. The highest BCUT2D eigenvalue weighted by molar-refractivity contribution is 4.43. The van der Waals surface area contributed by atoms with Crippen LogP contribution in [0.2, 0.25) is 0 Å². The molecule has 0 spiro atoms. The molecule has 0 fully saturated rings. The Morgan fingerprint density at radius 3 is 2.22 bits per heavy atom. The van der Waals surface area contributed by atoms with Crippen LogP contribution < -0.4 is 0 Å². The monoisotopic (exact) mass is 142 g/mol. The summed E-state index contributed by atoms with van der Waals surface area (Å²) in [5.41, 5.74) is 0. The minimum atomic E-state index is -2.77. The van der Waals surface area contributed by atoms with Gasteiger partial charge in [0.2, 0.25) is 0 Å². The molecular weight excluding hydrogens is 133 g/mol. The van der Waals surface area contributed by atoms with Crippen molar-refractivity contribution in [3.63, 3.8) is 0 Å². The molecule has 0 radical (unpaired) electrons. The molecule has 0 aromatic heterocycles. The van der Waals surface area contributed by atoms with E-state index in [1.54, 1.807) is 0 Å². The molecule has 1 unspecified atom stereocenters. The lowest BCUT2D eigenvalue weighted by molar-refractivity contribution is -0.131. The van der Waals surface area contributed by atoms with Crippen LogP contribution in [0, 0.1) is 0 Å². The summed E-state index contributed by atoms with van der Waals surface area (Å²) in [5.74, 6) is 0. The Morgan fingerprint density at radius 2 is 1.89 bits per heavy atom. The number of hydrogen-bond donors (Lipinski definition) is 0. The summed E-state index contributed by atoms with van der Waals surface area (Å²) in [6, 6.07) is 0. The molecule has 0 rings (SSSR count). The number of rotatable bonds is 4. The summed E-state index contributed by atoms with van der Waals surface area (Å²) in [5, 5.41) is 0. The van der Waals surface area contributed by atoms with Crippen LogP contribution in [0.3, 0.4) is 0 Å². The van der Waals surface area contributed by atoms with Crippen molar-refractivity contribution < 1.29 is 17.9 Å². The second kappa shape index (κ2) is 4.61. The third-order valence-electron chi connectivity index (χ3n) is 0.759. The zero-order valence-electron chi connectivity index (χ0n) is 5.11. The Balaban J connectivity index is 2.91. The maximum atomic E-state index is 11.8. The Morgan fingerprint density at radius 1 is 1.33 bits per heavy atom. The molecule has 0 aromatic rings. The van der Waals surface area contributed by atoms with Gasteiger partial charge in [-0.3, -0.25) is 0 Å². The fourth-order valence-corrected chi connectivity index (χ4v) is 0.320. The molecule has 0 saturated heterocycles. The summed E-state index contributed by atoms with van der Waals surface area (Å²) < 4.78 is 37.9. The number of hydrogen-bond acceptors (Lipinski definition) is 1. The molecule has 9 heavy (non-hydrogen) atoms. The molecule has 0 aliphatic carbocycles. The lowest BCUT2D eigenvalue weighted by atomic mass is 10.3. The third kappa shape index (κ3) is 7.75. The standard InChI is InChI=1S/C5H9F3O/c1-4(6)2-3-9-5(7)8/h4-5H,2-3H2,1H3. The van der Waals surface area contributed by atoms with Crippen molar-refractivity contribution in [3.05, 3.63) is 0 Å². The maximum absolute atomic E-state index is 11.8. The maximum Gasteiger partial charge on any atom is 0.345 e. The van der Waals surface area contributed by atoms with Gasteiger partial charge in [-0.1, -0.05) is 0 Å². The summed E-state index contributed by atoms with van der Waals surface area (Å²) in [6.45, 7) is -1.69. The fraction of sp³-hybridized carbons (Fsp3) is 1.00. The van der Waals surface area contributed by atoms with Crippen molar-refractivity contribution in [1.29, 1.82) is 0 Å². The van der Waals surface area contributed by atoms with Crippen LogP contribution in [0.1, 0.15) is 13.3 Å². The van der Waals surface area contributed by atoms with E-state index in [2.05, 4.69) is 4.74 Å². The number of alkyl halides is 3. The lowest BCUT2D eigenvalue weighted by Crippen LogP contribution is -2.05. The smallest absolute Gasteiger partial charge is 0.323 e. The lowest BCUT2D eigenvalue weighted by Gasteiger charge is -2.01. The van der Waals surface area contributed by atoms with Crippen molar-refractivity contribution in [2.45, 2.75) is 26.1 Å². The van der Waals surface area contributed by atoms with E-state index in [1.165, 1.54) is 6.92 Å². The second-order valence-electron chi connectivity index (χ2n) is 1.70. The fourth-order valence-electron chi connectivity index (χ4n) is 0.320. The molecule has 0 amide bonds. The Kier molecular flexibility index (Phi) is 4.48. The van der Waals surface area contributed by atoms with Gasteiger partial charge in [-0.05, 0) is 6.92 Å². The van der Waals surface area contributed by atoms with Gasteiger partial charge in [-0.2, -0.15) is 8.78 Å². The first kappa shape index (κ1) is 8.75. The van der Waals surface area contributed by atoms with Gasteiger partial charge >= 0.3 is 6.61 Å². The van der Waals surface area contributed by atoms with E-state index in [1.807, 2.05) is 0 Å². The van der Waals surface area contributed by atoms with Crippen molar-refractivity contribution in [2.75, 3.05) is 6.61 Å². The van der Waals surface area contributed by atoms with E-state index in [-0.39, 0.29) is 13.0 Å². The second-order valence-corrected chi connectivity index (χ2v) is 1.70. The molecule has 0 bridgehead atoms. The van der Waals surface area contributed by atoms with Crippen molar-refractivity contribution >= 4 is 0 Å². The van der Waals surface area contributed by atoms with E-state index >= 15 is 0 Å². The van der Waals surface area contributed by atoms with Gasteiger partial charge in [0.25, 0.3) is 0 Å². The van der Waals surface area contributed by atoms with E-state index in [0.717, 1.165) is 0 Å². The molecule has 0 heterocycles. The predicted molar refractivity (Wildman–Crippen MR) is 27.1 cm³/mol. The molecule has 0 N–H and O–H groups in total. The van der Waals surface area contributed by atoms with E-state index in [4.69, 9.17) is 0 Å². The van der Waals surface area contributed by atoms with Gasteiger partial charge in [0.05, 0.1) is 12.8 Å². The van der Waals surface area contributed by atoms with Crippen molar-refractivity contribution in [1.82, 2.24) is 0 Å². The van der Waals surface area contributed by atoms with Crippen LogP contribution in [0.5, 0.6) is 0 Å². The number of halogens is 3. The molecule has 0 aliphatic heterocycles. The highest BCUT2D eigenvalue weighted by Crippen LogP contribution is 1.99. The molecule has 0 saturated carbocycles. The summed E-state index contributed by atoms with van der Waals surface area (Å²) in [4.78, 5) is 0. The van der Waals surface area contributed by atoms with E-state index in [0.29, 0.717) is 0 Å². The van der Waals surface area contributed by atoms with E-state index < -0.39 is 12.8 Å². The predicted octanol–water partition coefficient (Wildman–Crippen LogP) is 1.97. The highest BCUT2D eigenvalue weighted by Gasteiger charge is 2.02. The minimum absolute atomic E-state index is 0.0321. The van der Waals surface area contributed by atoms with Gasteiger partial charge < -0.3 is 4.74 Å². The summed E-state index contributed by atoms with van der Waals surface area (Å²) in [7, 11) is 0. The third-order valence-corrected chi connectivity index (χ3v) is 0.759. The van der Waals surface area contributed by atoms with E-state index in [9.17, 15) is 13.2 Å². The molecule has 1 nitrogen and oxygen atoms in total. The van der Waals surface area contributed by atoms with Crippen LogP contribution in [-0.2, 0) is 4.74 Å². The first-order chi connectivity index (χ1) is 4.13. The molecule has 0 aliphatic rings. The Labute approximate surface area is 51.8 Å². The summed E-state index contributed by atoms with van der Waals surface area (Å²) in [6.07, 6.45) is -1.03. The highest BCUT2D eigenvalue weighted by atomic mass is 19.3. The number of ether oxygens (including phenoxy) is 1. The van der Waals surface area contributed by atoms with Gasteiger partial charge in [-0.25, -0.2) is 4.39 Å². The van der Waals surface area contributed by atoms with Crippen LogP contribution in [0.25, 0.3) is 0 Å². The molecular formula is C5H9F3O. The van der Waals surface area contributed by atoms with Gasteiger partial charge in [-0.15, -0.1) is 0 Å². The Hall–Kier alpha value is -0.250. The van der Waals surface area contributed by atoms with Crippen molar-refractivity contribution in [2.24, 2.45) is 0 Å². The molecule has 0 aromatic carbocycles. The van der Waals surface area contributed by atoms with Crippen LogP contribution in [0.4, 0.5) is 13.2 Å². The van der Waals surface area contributed by atoms with Crippen molar-refractivity contribution in [3.8, 4) is 0 Å². The molecule has 4 heteroatoms. The van der Waals surface area contributed by atoms with Crippen LogP contribution >= 0.6 is 0 Å². The molecule has 56 valence electrons. The minimum Gasteiger partial charge on any atom is -0.323 e. The average molecular weight is 142 g/mol. The normalized spacial score (nSPS) is 14.3. The quantitative estimate of drug-likeness (QED) is 0.583. The summed E-state index contributed by atoms with van der Waals surface area (Å²) >= 11 is 0. The molecule has 1 atom stereocenters. The first-order valence-electron chi connectivity index (χ1n) is 2.66. The largest absolute Gasteiger partial charge is 0.345 e. The van der Waals surface area contributed by atoms with Gasteiger partial charge in [0.15, 0.2) is 0 Å². The SMILES string of the molecule is CC(F)CCOC(F)F. The zero-order chi connectivity index (χ0) is 7.28. The van der Waals surface area contributed by atoms with Crippen LogP contribution in [0.15, 0.2) is 0 Å². The zero-order valence-corrected chi connectivity index (χ0v) is 5.11.